The summed E-state index contributed by atoms with van der Waals surface area (Å²) in [6.45, 7) is 16.2. The number of phenolic OH excluding ortho intramolecular Hbond substituents is 1. The number of rotatable bonds is 34. The van der Waals surface area contributed by atoms with Crippen LogP contribution in [0.2, 0.25) is 0 Å². The summed E-state index contributed by atoms with van der Waals surface area (Å²) in [5.41, 5.74) is 33.8. The molecule has 2 aliphatic rings. The van der Waals surface area contributed by atoms with Gasteiger partial charge in [-0.05, 0) is 126 Å². The highest BCUT2D eigenvalue weighted by Crippen LogP contribution is 2.30. The number of nitrogens with zero attached hydrogens (tertiary/aromatic N) is 4. The van der Waals surface area contributed by atoms with Crippen molar-refractivity contribution < 1.29 is 97.3 Å². The van der Waals surface area contributed by atoms with Crippen LogP contribution in [0.15, 0.2) is 34.3 Å². The van der Waals surface area contributed by atoms with E-state index in [1.54, 1.807) is 20.8 Å². The van der Waals surface area contributed by atoms with Crippen molar-refractivity contribution in [3.05, 3.63) is 29.8 Å². The van der Waals surface area contributed by atoms with Crippen molar-refractivity contribution in [1.82, 2.24) is 52.3 Å². The Morgan fingerprint density at radius 3 is 1.81 bits per heavy atom. The van der Waals surface area contributed by atoms with E-state index in [-0.39, 0.29) is 112 Å². The van der Waals surface area contributed by atoms with Crippen LogP contribution in [-0.4, -0.2) is 249 Å². The molecule has 38 nitrogen and oxygen atoms in total. The number of aliphatic imine (C=N–C) groups is 2. The number of guanidine groups is 2. The van der Waals surface area contributed by atoms with E-state index in [0.29, 0.717) is 6.42 Å². The van der Waals surface area contributed by atoms with Gasteiger partial charge < -0.3 is 122 Å². The lowest BCUT2D eigenvalue weighted by Crippen LogP contribution is -2.65. The number of methoxy groups -OCH3 is 1. The molecule has 2 saturated heterocycles. The van der Waals surface area contributed by atoms with Gasteiger partial charge >= 0.3 is 5.97 Å². The molecule has 0 aliphatic carbocycles. The number of primary amides is 2. The zero-order valence-corrected chi connectivity index (χ0v) is 64.0. The van der Waals surface area contributed by atoms with Crippen LogP contribution in [0.4, 0.5) is 0 Å². The lowest BCUT2D eigenvalue weighted by atomic mass is 9.87. The molecule has 38 heteroatoms. The van der Waals surface area contributed by atoms with Crippen LogP contribution >= 0.6 is 0 Å². The van der Waals surface area contributed by atoms with Crippen LogP contribution in [0, 0.1) is 35.5 Å². The summed E-state index contributed by atoms with van der Waals surface area (Å²) in [5, 5.41) is 76.2. The Labute approximate surface area is 629 Å². The second-order valence-corrected chi connectivity index (χ2v) is 29.0. The molecule has 25 N–H and O–H groups in total. The van der Waals surface area contributed by atoms with E-state index >= 15 is 24.0 Å². The number of aliphatic hydroxyl groups excluding tert-OH is 4. The van der Waals surface area contributed by atoms with Gasteiger partial charge in [-0.3, -0.25) is 67.5 Å². The number of aliphatic hydroxyl groups is 4. The second kappa shape index (κ2) is 44.1. The van der Waals surface area contributed by atoms with Gasteiger partial charge in [-0.1, -0.05) is 67.5 Å². The first-order valence-corrected chi connectivity index (χ1v) is 36.4. The number of fused-ring (bicyclic) bond motifs is 1. The number of likely N-dealkylation sites (N-methyl/N-ethyl adjacent to an activating group) is 1. The molecule has 20 atom stereocenters. The molecule has 0 saturated carbocycles. The number of carbonyl (C=O) groups excluding carboxylic acids is 13. The highest BCUT2D eigenvalue weighted by atomic mass is 16.5. The zero-order chi connectivity index (χ0) is 81.9. The Kier molecular flexibility index (Phi) is 37.8. The number of hydrogen-bond donors (Lipinski definition) is 19. The number of ether oxygens (including phenoxy) is 2. The minimum atomic E-state index is -2.57. The normalized spacial score (nSPS) is 23.6. The maximum atomic E-state index is 15.6. The van der Waals surface area contributed by atoms with Gasteiger partial charge in [0.05, 0.1) is 24.2 Å². The Balaban J connectivity index is 2.35. The van der Waals surface area contributed by atoms with Crippen LogP contribution < -0.4 is 76.9 Å². The lowest BCUT2D eigenvalue weighted by Gasteiger charge is -2.39. The van der Waals surface area contributed by atoms with E-state index in [0.717, 1.165) is 23.6 Å². The average molecular weight is 1530 g/mol. The zero-order valence-electron chi connectivity index (χ0n) is 64.0. The molecule has 108 heavy (non-hydrogen) atoms. The van der Waals surface area contributed by atoms with Crippen molar-refractivity contribution in [2.75, 3.05) is 33.8 Å². The number of carbonyl (C=O) groups is 13. The molecular weight excluding hydrogens is 1410 g/mol. The molecule has 2 aliphatic heterocycles. The number of esters is 1. The summed E-state index contributed by atoms with van der Waals surface area (Å²) in [6, 6.07) is -12.2. The topological polar surface area (TPSA) is 625 Å². The Bertz CT molecular complexity index is 3300. The number of nitrogens with one attached hydrogen (secondary N) is 8. The quantitative estimate of drug-likeness (QED) is 0.0133. The maximum absolute atomic E-state index is 15.6. The third kappa shape index (κ3) is 28.2. The van der Waals surface area contributed by atoms with Gasteiger partial charge in [0.2, 0.25) is 65.0 Å². The molecule has 0 aromatic heterocycles. The van der Waals surface area contributed by atoms with Crippen molar-refractivity contribution >= 4 is 88.8 Å². The number of cyclic esters (lactones) is 1. The van der Waals surface area contributed by atoms with Gasteiger partial charge in [0.15, 0.2) is 18.0 Å². The van der Waals surface area contributed by atoms with E-state index in [4.69, 9.17) is 43.9 Å². The highest BCUT2D eigenvalue weighted by molar-refractivity contribution is 5.99. The van der Waals surface area contributed by atoms with Crippen molar-refractivity contribution in [3.8, 4) is 5.75 Å². The number of nitrogens with two attached hydrogens (primary N) is 6. The Hall–Kier alpha value is -9.53. The van der Waals surface area contributed by atoms with Gasteiger partial charge in [0, 0.05) is 46.1 Å². The average Bonchev–Trinajstić information content (AvgIpc) is 0.795. The summed E-state index contributed by atoms with van der Waals surface area (Å²) in [6.07, 6.45) is -11.9. The van der Waals surface area contributed by atoms with Crippen LogP contribution in [0.5, 0.6) is 5.75 Å². The molecule has 0 bridgehead atoms. The molecule has 2 fully saturated rings. The molecule has 1 aromatic rings. The fourth-order valence-electron chi connectivity index (χ4n) is 12.8. The van der Waals surface area contributed by atoms with Gasteiger partial charge in [0.25, 0.3) is 5.91 Å². The number of piperidine rings is 1. The molecule has 12 amide bonds. The Morgan fingerprint density at radius 1 is 0.657 bits per heavy atom. The first-order chi connectivity index (χ1) is 50.4. The van der Waals surface area contributed by atoms with Crippen molar-refractivity contribution in [1.29, 1.82) is 0 Å². The maximum Gasteiger partial charge on any atom is 0.329 e. The fourth-order valence-corrected chi connectivity index (χ4v) is 12.8. The number of amides is 12. The van der Waals surface area contributed by atoms with Gasteiger partial charge in [-0.2, -0.15) is 0 Å². The number of benzene rings is 1. The molecule has 608 valence electrons. The third-order valence-corrected chi connectivity index (χ3v) is 19.2. The van der Waals surface area contributed by atoms with E-state index in [1.165, 1.54) is 66.1 Å². The van der Waals surface area contributed by atoms with Gasteiger partial charge in [-0.15, -0.1) is 0 Å². The van der Waals surface area contributed by atoms with Gasteiger partial charge in [-0.25, -0.2) is 4.79 Å². The first-order valence-electron chi connectivity index (χ1n) is 36.4. The van der Waals surface area contributed by atoms with E-state index in [9.17, 15) is 63.9 Å². The smallest absolute Gasteiger partial charge is 0.329 e. The number of aromatic hydroxyl groups is 1. The molecule has 0 radical (unpaired) electrons. The molecular formula is C70H118N18O20. The molecule has 0 unspecified atom stereocenters. The minimum absolute atomic E-state index is 0.00607. The predicted octanol–water partition coefficient (Wildman–Crippen LogP) is -4.91. The van der Waals surface area contributed by atoms with Crippen LogP contribution in [0.1, 0.15) is 158 Å². The molecule has 0 spiro atoms. The van der Waals surface area contributed by atoms with Crippen LogP contribution in [-0.2, 0) is 71.8 Å². The SMILES string of the molecule is CO[C@H](c1ccc(O)cc1)[C@H]1NC(=O)[C@H](CCC(N)=O)N(C)C(=O)[C@H](CC(C)C)NC(=O)[C@@H](CCCN=C(N)N)NC(=O)[C@@H]([C@@H](C)O)NC(=O)[C@H](NC(=O)[C@@H](NC(=O)[C@H](O)[C@H](O)[C@H](CCCN=C(N)N)NC(=O)[C@@H](C)NC(=O)[C@H](C)[C@H](O)[C@H](C)CC(C)C)[C@@H](C)[C@@H](C)C(N)=O)[C@@H](C)OC(=O)[C@@H]2CCCCN2C1=O. The van der Waals surface area contributed by atoms with Gasteiger partial charge in [0.1, 0.15) is 78.4 Å². The first kappa shape index (κ1) is 92.7. The summed E-state index contributed by atoms with van der Waals surface area (Å²) in [5.74, 6) is -19.4. The fraction of sp³-hybridized carbons (Fsp3) is 0.700. The standard InChI is InChI=1S/C70H118N18O20/c1-32(2)30-34(5)53(92)37(8)58(96)79-38(9)59(97)80-43(18-16-27-77-69(73)74)54(93)55(94)65(103)83-49(35(6)36(7)57(72)95)62(100)85-51-40(11)108-68(106)47-20-14-15-29-88(47)67(105)52(56(107-13)41-21-23-42(90)24-22-41)86-61(99)46(25-26-48(71)91)87(12)66(104)45(31-33(3)4)82-60(98)44(19-17-28-78-70(75)76)81-63(101)50(39(10)89)84-64(51)102/h21-24,32-40,43-47,49-56,89-90,92-94H,14-20,25-31H2,1-13H3,(H2,71,91)(H2,72,95)(H,79,96)(H,80,97)(H,81,101)(H,82,98)(H,83,103)(H,84,102)(H,85,100)(H,86,99)(H4,73,74,77)(H4,75,76,78)/t34-,35+,36-,37-,38-,39-,40-,43+,44-,45+,46+,47+,49+,50-,51-,52-,53-,54-,55-,56-/m1/s1. The molecule has 2 heterocycles. The minimum Gasteiger partial charge on any atom is -0.508 e. The van der Waals surface area contributed by atoms with E-state index < -0.39 is 204 Å². The van der Waals surface area contributed by atoms with E-state index in [2.05, 4.69) is 52.5 Å². The highest BCUT2D eigenvalue weighted by Gasteiger charge is 2.47. The number of phenols is 1. The van der Waals surface area contributed by atoms with E-state index in [1.807, 2.05) is 13.8 Å². The molecule has 1 aromatic carbocycles. The number of hydrogen-bond acceptors (Lipinski definition) is 22. The largest absolute Gasteiger partial charge is 0.508 e. The second-order valence-electron chi connectivity index (χ2n) is 29.0. The third-order valence-electron chi connectivity index (χ3n) is 19.2. The van der Waals surface area contributed by atoms with Crippen molar-refractivity contribution in [2.45, 2.75) is 244 Å². The lowest BCUT2D eigenvalue weighted by molar-refractivity contribution is -0.165. The summed E-state index contributed by atoms with van der Waals surface area (Å²) in [4.78, 5) is 198. The van der Waals surface area contributed by atoms with Crippen LogP contribution in [0.3, 0.4) is 0 Å². The van der Waals surface area contributed by atoms with Crippen molar-refractivity contribution in [2.24, 2.45) is 79.9 Å². The summed E-state index contributed by atoms with van der Waals surface area (Å²) in [7, 11) is 2.41. The molecule has 3 rings (SSSR count). The monoisotopic (exact) mass is 1530 g/mol. The predicted molar refractivity (Wildman–Crippen MR) is 393 cm³/mol. The summed E-state index contributed by atoms with van der Waals surface area (Å²) >= 11 is 0. The van der Waals surface area contributed by atoms with Crippen LogP contribution in [0.25, 0.3) is 0 Å². The van der Waals surface area contributed by atoms with Crippen molar-refractivity contribution in [3.63, 3.8) is 0 Å². The summed E-state index contributed by atoms with van der Waals surface area (Å²) < 4.78 is 11.9. The Morgan fingerprint density at radius 2 is 1.25 bits per heavy atom.